The van der Waals surface area contributed by atoms with E-state index in [-0.39, 0.29) is 24.7 Å². The fourth-order valence-electron chi connectivity index (χ4n) is 1.64. The number of carbonyl (C=O) groups excluding carboxylic acids is 3. The van der Waals surface area contributed by atoms with Gasteiger partial charge in [0.05, 0.1) is 11.6 Å². The predicted octanol–water partition coefficient (Wildman–Crippen LogP) is 1.66. The molecule has 1 N–H and O–H groups in total. The van der Waals surface area contributed by atoms with Crippen molar-refractivity contribution in [1.82, 2.24) is 5.32 Å². The Morgan fingerprint density at radius 1 is 1.35 bits per heavy atom. The second kappa shape index (κ2) is 8.12. The van der Waals surface area contributed by atoms with Gasteiger partial charge in [-0.05, 0) is 20.3 Å². The van der Waals surface area contributed by atoms with Gasteiger partial charge in [0.1, 0.15) is 12.6 Å². The second-order valence-corrected chi connectivity index (χ2v) is 4.78. The molecule has 0 radical (unpaired) electrons. The monoisotopic (exact) mass is 241 g/mol. The number of nitrogens with one attached hydrogen (secondary N) is 1. The van der Waals surface area contributed by atoms with E-state index in [9.17, 15) is 14.4 Å². The Labute approximate surface area is 103 Å². The van der Waals surface area contributed by atoms with Gasteiger partial charge < -0.3 is 9.59 Å². The van der Waals surface area contributed by atoms with Crippen LogP contribution in [0.5, 0.6) is 0 Å². The third-order valence-corrected chi connectivity index (χ3v) is 2.77. The molecule has 98 valence electrons. The van der Waals surface area contributed by atoms with Gasteiger partial charge in [-0.3, -0.25) is 10.1 Å². The normalized spacial score (nSPS) is 13.1. The lowest BCUT2D eigenvalue weighted by molar-refractivity contribution is -0.126. The highest BCUT2D eigenvalue weighted by atomic mass is 16.1. The fourth-order valence-corrected chi connectivity index (χ4v) is 1.64. The highest BCUT2D eigenvalue weighted by molar-refractivity contribution is 5.89. The van der Waals surface area contributed by atoms with E-state index in [2.05, 4.69) is 12.2 Å². The van der Waals surface area contributed by atoms with E-state index in [4.69, 9.17) is 0 Å². The van der Waals surface area contributed by atoms with Crippen LogP contribution in [0.1, 0.15) is 52.9 Å². The first-order valence-corrected chi connectivity index (χ1v) is 6.17. The SMILES string of the molecule is CCCCC(C=O)NC(C)(C)C(=O)CCC=O. The smallest absolute Gasteiger partial charge is 0.152 e. The number of hydrogen-bond donors (Lipinski definition) is 1. The molecule has 0 spiro atoms. The van der Waals surface area contributed by atoms with Gasteiger partial charge in [0.15, 0.2) is 5.78 Å². The largest absolute Gasteiger partial charge is 0.303 e. The van der Waals surface area contributed by atoms with E-state index in [1.807, 2.05) is 0 Å². The van der Waals surface area contributed by atoms with E-state index in [0.29, 0.717) is 0 Å². The van der Waals surface area contributed by atoms with Crippen LogP contribution in [0.4, 0.5) is 0 Å². The minimum absolute atomic E-state index is 0.0343. The van der Waals surface area contributed by atoms with Crippen LogP contribution in [0.2, 0.25) is 0 Å². The molecule has 0 bridgehead atoms. The van der Waals surface area contributed by atoms with Crippen molar-refractivity contribution in [3.8, 4) is 0 Å². The van der Waals surface area contributed by atoms with Crippen LogP contribution in [0.3, 0.4) is 0 Å². The van der Waals surface area contributed by atoms with Gasteiger partial charge in [0.25, 0.3) is 0 Å². The first-order chi connectivity index (χ1) is 7.97. The van der Waals surface area contributed by atoms with Crippen molar-refractivity contribution < 1.29 is 14.4 Å². The zero-order chi connectivity index (χ0) is 13.3. The summed E-state index contributed by atoms with van der Waals surface area (Å²) in [5.41, 5.74) is -0.748. The van der Waals surface area contributed by atoms with Crippen LogP contribution in [-0.4, -0.2) is 29.9 Å². The van der Waals surface area contributed by atoms with Gasteiger partial charge >= 0.3 is 0 Å². The first kappa shape index (κ1) is 16.0. The van der Waals surface area contributed by atoms with Crippen LogP contribution < -0.4 is 5.32 Å². The molecule has 0 aromatic rings. The third kappa shape index (κ3) is 6.31. The molecule has 4 heteroatoms. The Morgan fingerprint density at radius 3 is 2.47 bits per heavy atom. The summed E-state index contributed by atoms with van der Waals surface area (Å²) in [7, 11) is 0. The molecule has 0 fully saturated rings. The van der Waals surface area contributed by atoms with Crippen molar-refractivity contribution in [2.75, 3.05) is 0 Å². The number of Topliss-reactive ketones (excluding diaryl/α,β-unsaturated/α-hetero) is 1. The number of hydrogen-bond acceptors (Lipinski definition) is 4. The summed E-state index contributed by atoms with van der Waals surface area (Å²) in [6.45, 7) is 5.56. The molecule has 1 unspecified atom stereocenters. The minimum Gasteiger partial charge on any atom is -0.303 e. The molecule has 0 saturated heterocycles. The number of aldehydes is 2. The molecule has 0 aliphatic rings. The van der Waals surface area contributed by atoms with Gasteiger partial charge in [-0.15, -0.1) is 0 Å². The molecule has 0 heterocycles. The molecule has 0 aromatic carbocycles. The minimum atomic E-state index is -0.748. The van der Waals surface area contributed by atoms with Crippen molar-refractivity contribution in [3.05, 3.63) is 0 Å². The maximum absolute atomic E-state index is 11.8. The van der Waals surface area contributed by atoms with Gasteiger partial charge in [0, 0.05) is 12.8 Å². The van der Waals surface area contributed by atoms with Crippen LogP contribution in [0, 0.1) is 0 Å². The predicted molar refractivity (Wildman–Crippen MR) is 66.9 cm³/mol. The summed E-state index contributed by atoms with van der Waals surface area (Å²) in [5, 5.41) is 3.05. The Bertz CT molecular complexity index is 261. The Kier molecular flexibility index (Phi) is 7.63. The molecule has 0 amide bonds. The number of unbranched alkanes of at least 4 members (excludes halogenated alkanes) is 1. The quantitative estimate of drug-likeness (QED) is 0.591. The summed E-state index contributed by atoms with van der Waals surface area (Å²) < 4.78 is 0. The van der Waals surface area contributed by atoms with Crippen molar-refractivity contribution in [2.24, 2.45) is 0 Å². The molecule has 17 heavy (non-hydrogen) atoms. The topological polar surface area (TPSA) is 63.2 Å². The van der Waals surface area contributed by atoms with Crippen molar-refractivity contribution in [2.45, 2.75) is 64.5 Å². The van der Waals surface area contributed by atoms with Gasteiger partial charge in [-0.1, -0.05) is 19.8 Å². The fraction of sp³-hybridized carbons (Fsp3) is 0.769. The second-order valence-electron chi connectivity index (χ2n) is 4.78. The lowest BCUT2D eigenvalue weighted by Crippen LogP contribution is -2.52. The van der Waals surface area contributed by atoms with E-state index < -0.39 is 5.54 Å². The maximum atomic E-state index is 11.8. The van der Waals surface area contributed by atoms with Crippen LogP contribution in [-0.2, 0) is 14.4 Å². The molecule has 0 rings (SSSR count). The maximum Gasteiger partial charge on any atom is 0.152 e. The summed E-state index contributed by atoms with van der Waals surface area (Å²) in [5.74, 6) is -0.0343. The number of ketones is 1. The van der Waals surface area contributed by atoms with E-state index in [1.54, 1.807) is 13.8 Å². The third-order valence-electron chi connectivity index (χ3n) is 2.77. The van der Waals surface area contributed by atoms with Crippen LogP contribution >= 0.6 is 0 Å². The molecular formula is C13H23NO3. The average Bonchev–Trinajstić information content (AvgIpc) is 2.31. The Morgan fingerprint density at radius 2 is 2.00 bits per heavy atom. The van der Waals surface area contributed by atoms with Crippen LogP contribution in [0.25, 0.3) is 0 Å². The van der Waals surface area contributed by atoms with E-state index in [1.165, 1.54) is 0 Å². The summed E-state index contributed by atoms with van der Waals surface area (Å²) in [6, 6.07) is -0.287. The Hall–Kier alpha value is -1.03. The van der Waals surface area contributed by atoms with Crippen LogP contribution in [0.15, 0.2) is 0 Å². The van der Waals surface area contributed by atoms with Crippen molar-refractivity contribution in [1.29, 1.82) is 0 Å². The van der Waals surface area contributed by atoms with Gasteiger partial charge in [-0.25, -0.2) is 0 Å². The molecule has 4 nitrogen and oxygen atoms in total. The highest BCUT2D eigenvalue weighted by Gasteiger charge is 2.28. The standard InChI is InChI=1S/C13H23NO3/c1-4-5-7-11(10-16)14-13(2,3)12(17)8-6-9-15/h9-11,14H,4-8H2,1-3H3. The molecular weight excluding hydrogens is 218 g/mol. The summed E-state index contributed by atoms with van der Waals surface area (Å²) in [4.78, 5) is 32.9. The van der Waals surface area contributed by atoms with Crippen molar-refractivity contribution >= 4 is 18.4 Å². The molecule has 0 aromatic heterocycles. The highest BCUT2D eigenvalue weighted by Crippen LogP contribution is 2.11. The number of rotatable bonds is 10. The molecule has 0 saturated carbocycles. The van der Waals surface area contributed by atoms with E-state index in [0.717, 1.165) is 31.8 Å². The van der Waals surface area contributed by atoms with Gasteiger partial charge in [-0.2, -0.15) is 0 Å². The molecule has 0 aliphatic heterocycles. The molecule has 1 atom stereocenters. The van der Waals surface area contributed by atoms with E-state index >= 15 is 0 Å². The molecule has 0 aliphatic carbocycles. The zero-order valence-corrected chi connectivity index (χ0v) is 11.0. The number of carbonyl (C=O) groups is 3. The average molecular weight is 241 g/mol. The summed E-state index contributed by atoms with van der Waals surface area (Å²) >= 11 is 0. The van der Waals surface area contributed by atoms with Gasteiger partial charge in [0.2, 0.25) is 0 Å². The lowest BCUT2D eigenvalue weighted by atomic mass is 9.94. The Balaban J connectivity index is 4.32. The summed E-state index contributed by atoms with van der Waals surface area (Å²) in [6.07, 6.45) is 4.77. The first-order valence-electron chi connectivity index (χ1n) is 6.17. The lowest BCUT2D eigenvalue weighted by Gasteiger charge is -2.28. The van der Waals surface area contributed by atoms with Crippen molar-refractivity contribution in [3.63, 3.8) is 0 Å². The zero-order valence-electron chi connectivity index (χ0n) is 11.0.